The van der Waals surface area contributed by atoms with Crippen molar-refractivity contribution in [1.82, 2.24) is 0 Å². The van der Waals surface area contributed by atoms with E-state index >= 15 is 0 Å². The van der Waals surface area contributed by atoms with Crippen LogP contribution in [0.1, 0.15) is 58.3 Å². The summed E-state index contributed by atoms with van der Waals surface area (Å²) < 4.78 is 0. The third kappa shape index (κ3) is 1.79. The van der Waals surface area contributed by atoms with Crippen molar-refractivity contribution in [3.63, 3.8) is 0 Å². The fourth-order valence-electron chi connectivity index (χ4n) is 5.69. The van der Waals surface area contributed by atoms with Gasteiger partial charge in [-0.15, -0.1) is 10.1 Å². The molecule has 0 spiro atoms. The molecule has 0 heterocycles. The lowest BCUT2D eigenvalue weighted by molar-refractivity contribution is -0.785. The molecule has 4 atom stereocenters. The van der Waals surface area contributed by atoms with Gasteiger partial charge in [-0.05, 0) is 56.3 Å². The van der Waals surface area contributed by atoms with Gasteiger partial charge in [0.2, 0.25) is 0 Å². The van der Waals surface area contributed by atoms with Crippen LogP contribution in [0.25, 0.3) is 0 Å². The minimum Gasteiger partial charge on any atom is -0.325 e. The van der Waals surface area contributed by atoms with Gasteiger partial charge in [0.25, 0.3) is 5.09 Å². The Morgan fingerprint density at radius 2 is 2.11 bits per heavy atom. The lowest BCUT2D eigenvalue weighted by Crippen LogP contribution is -2.67. The largest absolute Gasteiger partial charge is 0.325 e. The molecular weight excluding hydrogens is 232 g/mol. The van der Waals surface area contributed by atoms with Crippen LogP contribution in [0, 0.1) is 21.4 Å². The van der Waals surface area contributed by atoms with Crippen molar-refractivity contribution in [2.45, 2.75) is 69.4 Å². The van der Waals surface area contributed by atoms with Crippen LogP contribution < -0.4 is 5.73 Å². The lowest BCUT2D eigenvalue weighted by atomic mass is 9.44. The van der Waals surface area contributed by atoms with Gasteiger partial charge in [-0.25, -0.2) is 0 Å². The van der Waals surface area contributed by atoms with Gasteiger partial charge in [0, 0.05) is 5.54 Å². The molecule has 5 heteroatoms. The van der Waals surface area contributed by atoms with Crippen LogP contribution in [0.3, 0.4) is 0 Å². The zero-order chi connectivity index (χ0) is 13.0. The normalized spacial score (nSPS) is 49.3. The van der Waals surface area contributed by atoms with Crippen LogP contribution in [-0.4, -0.2) is 16.2 Å². The van der Waals surface area contributed by atoms with Crippen LogP contribution in [0.5, 0.6) is 0 Å². The van der Waals surface area contributed by atoms with E-state index in [4.69, 9.17) is 10.6 Å². The molecular formula is C13H22N2O3. The fourth-order valence-corrected chi connectivity index (χ4v) is 5.69. The van der Waals surface area contributed by atoms with Crippen LogP contribution in [0.4, 0.5) is 0 Å². The molecule has 4 fully saturated rings. The summed E-state index contributed by atoms with van der Waals surface area (Å²) in [7, 11) is 0. The Labute approximate surface area is 107 Å². The molecule has 0 aromatic rings. The first-order valence-electron chi connectivity index (χ1n) is 7.01. The van der Waals surface area contributed by atoms with Crippen molar-refractivity contribution in [2.75, 3.05) is 0 Å². The zero-order valence-electron chi connectivity index (χ0n) is 11.0. The summed E-state index contributed by atoms with van der Waals surface area (Å²) in [5, 5.41) is 10.2. The molecule has 0 radical (unpaired) electrons. The molecule has 0 aliphatic heterocycles. The van der Waals surface area contributed by atoms with E-state index in [0.29, 0.717) is 12.3 Å². The van der Waals surface area contributed by atoms with Gasteiger partial charge < -0.3 is 10.6 Å². The maximum absolute atomic E-state index is 10.8. The molecule has 0 amide bonds. The van der Waals surface area contributed by atoms with E-state index in [0.717, 1.165) is 38.5 Å². The molecule has 4 bridgehead atoms. The second-order valence-corrected chi connectivity index (χ2v) is 7.12. The lowest BCUT2D eigenvalue weighted by Gasteiger charge is -2.64. The molecule has 0 saturated heterocycles. The zero-order valence-corrected chi connectivity index (χ0v) is 11.0. The summed E-state index contributed by atoms with van der Waals surface area (Å²) in [6.45, 7) is 2.18. The summed E-state index contributed by atoms with van der Waals surface area (Å²) in [4.78, 5) is 15.9. The maximum Gasteiger partial charge on any atom is 0.295 e. The van der Waals surface area contributed by atoms with E-state index in [1.807, 2.05) is 0 Å². The summed E-state index contributed by atoms with van der Waals surface area (Å²) in [5.74, 6) is 0.526. The van der Waals surface area contributed by atoms with Gasteiger partial charge in [0.15, 0.2) is 0 Å². The van der Waals surface area contributed by atoms with E-state index < -0.39 is 10.7 Å². The predicted molar refractivity (Wildman–Crippen MR) is 66.3 cm³/mol. The number of nitrogens with two attached hydrogens (primary N) is 1. The number of rotatable bonds is 4. The molecule has 2 N–H and O–H groups in total. The quantitative estimate of drug-likeness (QED) is 0.617. The molecule has 0 aromatic carbocycles. The summed E-state index contributed by atoms with van der Waals surface area (Å²) in [5.41, 5.74) is 5.91. The standard InChI is InChI=1S/C13H22N2O3/c1-2-3-11-4-10-5-12(14,7-11)9-13(6-10,8-11)18-15(16)17/h10H,2-9,14H2,1H3. The predicted octanol–water partition coefficient (Wildman–Crippen LogP) is 2.42. The summed E-state index contributed by atoms with van der Waals surface area (Å²) in [6.07, 6.45) is 7.85. The van der Waals surface area contributed by atoms with E-state index in [9.17, 15) is 10.1 Å². The topological polar surface area (TPSA) is 78.4 Å². The highest BCUT2D eigenvalue weighted by molar-refractivity contribution is 5.16. The Balaban J connectivity index is 1.92. The third-order valence-electron chi connectivity index (χ3n) is 5.22. The summed E-state index contributed by atoms with van der Waals surface area (Å²) in [6, 6.07) is 0. The molecule has 4 unspecified atom stereocenters. The van der Waals surface area contributed by atoms with E-state index in [1.165, 1.54) is 6.42 Å². The van der Waals surface area contributed by atoms with Crippen molar-refractivity contribution in [3.05, 3.63) is 10.1 Å². The van der Waals surface area contributed by atoms with Gasteiger partial charge in [-0.1, -0.05) is 13.3 Å². The van der Waals surface area contributed by atoms with Gasteiger partial charge in [-0.2, -0.15) is 0 Å². The molecule has 102 valence electrons. The van der Waals surface area contributed by atoms with E-state index in [1.54, 1.807) is 0 Å². The SMILES string of the molecule is CCCC12CC3CC(N)(C1)CC(O[N+](=O)[O-])(C3)C2. The summed E-state index contributed by atoms with van der Waals surface area (Å²) >= 11 is 0. The van der Waals surface area contributed by atoms with Crippen LogP contribution in [0.15, 0.2) is 0 Å². The maximum atomic E-state index is 10.8. The molecule has 18 heavy (non-hydrogen) atoms. The molecule has 4 aliphatic rings. The van der Waals surface area contributed by atoms with Gasteiger partial charge in [0.05, 0.1) is 0 Å². The molecule has 4 saturated carbocycles. The Bertz CT molecular complexity index is 388. The first-order valence-corrected chi connectivity index (χ1v) is 7.01. The van der Waals surface area contributed by atoms with Crippen molar-refractivity contribution < 1.29 is 9.92 Å². The number of nitrogens with zero attached hydrogens (tertiary/aromatic N) is 1. The Hall–Kier alpha value is -0.840. The average molecular weight is 254 g/mol. The third-order valence-corrected chi connectivity index (χ3v) is 5.22. The first kappa shape index (κ1) is 12.2. The Morgan fingerprint density at radius 3 is 2.72 bits per heavy atom. The second-order valence-electron chi connectivity index (χ2n) is 7.12. The minimum atomic E-state index is -0.601. The Kier molecular flexibility index (Phi) is 2.44. The number of hydrogen-bond donors (Lipinski definition) is 1. The minimum absolute atomic E-state index is 0.207. The first-order chi connectivity index (χ1) is 8.38. The smallest absolute Gasteiger partial charge is 0.295 e. The van der Waals surface area contributed by atoms with E-state index in [-0.39, 0.29) is 11.0 Å². The second kappa shape index (κ2) is 3.59. The van der Waals surface area contributed by atoms with Crippen LogP contribution in [-0.2, 0) is 4.84 Å². The van der Waals surface area contributed by atoms with Crippen molar-refractivity contribution >= 4 is 0 Å². The number of hydrogen-bond acceptors (Lipinski definition) is 4. The monoisotopic (exact) mass is 254 g/mol. The van der Waals surface area contributed by atoms with Crippen molar-refractivity contribution in [3.8, 4) is 0 Å². The van der Waals surface area contributed by atoms with Gasteiger partial charge in [0.1, 0.15) is 5.60 Å². The molecule has 0 aromatic heterocycles. The highest BCUT2D eigenvalue weighted by Crippen LogP contribution is 2.64. The average Bonchev–Trinajstić information content (AvgIpc) is 2.09. The van der Waals surface area contributed by atoms with Crippen LogP contribution in [0.2, 0.25) is 0 Å². The van der Waals surface area contributed by atoms with Crippen molar-refractivity contribution in [2.24, 2.45) is 17.1 Å². The van der Waals surface area contributed by atoms with Gasteiger partial charge in [-0.3, -0.25) is 0 Å². The highest BCUT2D eigenvalue weighted by atomic mass is 17.0. The highest BCUT2D eigenvalue weighted by Gasteiger charge is 2.63. The molecule has 4 rings (SSSR count). The van der Waals surface area contributed by atoms with Crippen molar-refractivity contribution in [1.29, 1.82) is 0 Å². The van der Waals surface area contributed by atoms with Crippen LogP contribution >= 0.6 is 0 Å². The fraction of sp³-hybridized carbons (Fsp3) is 1.00. The Morgan fingerprint density at radius 1 is 1.33 bits per heavy atom. The van der Waals surface area contributed by atoms with Gasteiger partial charge >= 0.3 is 0 Å². The van der Waals surface area contributed by atoms with E-state index in [2.05, 4.69) is 6.92 Å². The molecule has 4 aliphatic carbocycles. The molecule has 5 nitrogen and oxygen atoms in total.